The van der Waals surface area contributed by atoms with Gasteiger partial charge < -0.3 is 4.57 Å². The Balaban J connectivity index is 1.56. The number of hydrogen-bond acceptors (Lipinski definition) is 8. The largest absolute Gasteiger partial charge is 0.417 e. The Morgan fingerprint density at radius 2 is 1.85 bits per heavy atom. The number of alkyl halides is 3. The Bertz CT molecular complexity index is 1830. The Morgan fingerprint density at radius 3 is 2.55 bits per heavy atom. The molecule has 0 bridgehead atoms. The number of carbonyl (C=O) groups is 1. The number of nitrogens with zero attached hydrogens (tertiary/aromatic N) is 6. The van der Waals surface area contributed by atoms with E-state index in [1.807, 2.05) is 30.3 Å². The maximum absolute atomic E-state index is 13.3. The van der Waals surface area contributed by atoms with Crippen LogP contribution in [0.1, 0.15) is 28.5 Å². The van der Waals surface area contributed by atoms with Crippen LogP contribution in [-0.4, -0.2) is 55.8 Å². The van der Waals surface area contributed by atoms with E-state index in [2.05, 4.69) is 25.5 Å². The first-order valence-electron chi connectivity index (χ1n) is 12.0. The van der Waals surface area contributed by atoms with Gasteiger partial charge in [-0.1, -0.05) is 37.3 Å². The molecule has 0 aliphatic heterocycles. The second-order valence-corrected chi connectivity index (χ2v) is 10.9. The predicted molar refractivity (Wildman–Crippen MR) is 137 cm³/mol. The van der Waals surface area contributed by atoms with Crippen LogP contribution >= 0.6 is 0 Å². The van der Waals surface area contributed by atoms with Gasteiger partial charge in [0.2, 0.25) is 0 Å². The molecule has 1 aromatic carbocycles. The SMILES string of the molecule is CCS(=O)(=O)c1nn2c(C(=O)NOCCc3ccccc3)ccnc2c1-c1nc2cc(C(F)(F)F)cnc2n1C. The Kier molecular flexibility index (Phi) is 7.01. The Hall–Kier alpha value is -4.37. The van der Waals surface area contributed by atoms with Crippen LogP contribution in [0.5, 0.6) is 0 Å². The van der Waals surface area contributed by atoms with Crippen molar-refractivity contribution in [2.45, 2.75) is 24.5 Å². The monoisotopic (exact) mass is 573 g/mol. The molecule has 5 aromatic rings. The van der Waals surface area contributed by atoms with Crippen molar-refractivity contribution in [3.05, 3.63) is 71.7 Å². The number of imidazole rings is 1. The van der Waals surface area contributed by atoms with Crippen molar-refractivity contribution in [2.24, 2.45) is 7.05 Å². The van der Waals surface area contributed by atoms with E-state index < -0.39 is 32.5 Å². The zero-order valence-electron chi connectivity index (χ0n) is 21.2. The van der Waals surface area contributed by atoms with E-state index in [0.717, 1.165) is 16.1 Å². The quantitative estimate of drug-likeness (QED) is 0.221. The van der Waals surface area contributed by atoms with Crippen molar-refractivity contribution in [3.63, 3.8) is 0 Å². The van der Waals surface area contributed by atoms with Gasteiger partial charge in [-0.25, -0.2) is 33.4 Å². The number of hydrogen-bond donors (Lipinski definition) is 1. The second-order valence-electron chi connectivity index (χ2n) is 8.72. The first kappa shape index (κ1) is 27.2. The van der Waals surface area contributed by atoms with Gasteiger partial charge in [-0.2, -0.15) is 18.3 Å². The summed E-state index contributed by atoms with van der Waals surface area (Å²) < 4.78 is 68.3. The zero-order valence-corrected chi connectivity index (χ0v) is 22.0. The van der Waals surface area contributed by atoms with Crippen LogP contribution in [0.2, 0.25) is 0 Å². The normalized spacial score (nSPS) is 12.3. The number of pyridine rings is 1. The van der Waals surface area contributed by atoms with E-state index in [9.17, 15) is 26.4 Å². The van der Waals surface area contributed by atoms with Crippen molar-refractivity contribution in [1.82, 2.24) is 34.6 Å². The van der Waals surface area contributed by atoms with Crippen molar-refractivity contribution < 1.29 is 31.2 Å². The highest BCUT2D eigenvalue weighted by atomic mass is 32.2. The summed E-state index contributed by atoms with van der Waals surface area (Å²) in [5.41, 5.74) is 2.11. The highest BCUT2D eigenvalue weighted by Crippen LogP contribution is 2.35. The molecule has 0 aliphatic carbocycles. The zero-order chi connectivity index (χ0) is 28.7. The fraction of sp³-hybridized carbons (Fsp3) is 0.240. The van der Waals surface area contributed by atoms with E-state index in [0.29, 0.717) is 12.6 Å². The number of fused-ring (bicyclic) bond motifs is 2. The molecule has 0 radical (unpaired) electrons. The predicted octanol–water partition coefficient (Wildman–Crippen LogP) is 3.39. The van der Waals surface area contributed by atoms with Gasteiger partial charge in [-0.3, -0.25) is 9.63 Å². The van der Waals surface area contributed by atoms with Gasteiger partial charge in [0.05, 0.1) is 17.9 Å². The topological polar surface area (TPSA) is 133 Å². The number of amides is 1. The number of aromatic nitrogens is 6. The molecular weight excluding hydrogens is 551 g/mol. The van der Waals surface area contributed by atoms with Gasteiger partial charge in [-0.15, -0.1) is 0 Å². The fourth-order valence-electron chi connectivity index (χ4n) is 4.09. The lowest BCUT2D eigenvalue weighted by Crippen LogP contribution is -2.27. The molecule has 15 heteroatoms. The number of hydroxylamine groups is 1. The van der Waals surface area contributed by atoms with Crippen LogP contribution in [0.15, 0.2) is 59.9 Å². The van der Waals surface area contributed by atoms with Crippen LogP contribution in [0.4, 0.5) is 13.2 Å². The molecule has 4 heterocycles. The molecule has 0 spiro atoms. The summed E-state index contributed by atoms with van der Waals surface area (Å²) in [4.78, 5) is 30.7. The maximum atomic E-state index is 13.3. The van der Waals surface area contributed by atoms with Gasteiger partial charge >= 0.3 is 6.18 Å². The molecule has 1 N–H and O–H groups in total. The molecule has 208 valence electrons. The number of nitrogens with one attached hydrogen (secondary N) is 1. The summed E-state index contributed by atoms with van der Waals surface area (Å²) in [6.07, 6.45) is -2.15. The molecule has 4 aromatic heterocycles. The van der Waals surface area contributed by atoms with Crippen molar-refractivity contribution in [3.8, 4) is 11.4 Å². The number of benzene rings is 1. The molecule has 5 rings (SSSR count). The number of carbonyl (C=O) groups excluding carboxylic acids is 1. The lowest BCUT2D eigenvalue weighted by atomic mass is 10.2. The molecule has 0 fully saturated rings. The van der Waals surface area contributed by atoms with E-state index in [1.165, 1.54) is 30.8 Å². The summed E-state index contributed by atoms with van der Waals surface area (Å²) in [6, 6.07) is 11.6. The molecule has 11 nitrogen and oxygen atoms in total. The van der Waals surface area contributed by atoms with Crippen LogP contribution < -0.4 is 5.48 Å². The number of aryl methyl sites for hydroxylation is 1. The molecule has 0 atom stereocenters. The summed E-state index contributed by atoms with van der Waals surface area (Å²) in [5, 5.41) is 3.76. The van der Waals surface area contributed by atoms with Crippen LogP contribution in [0.25, 0.3) is 28.2 Å². The third-order valence-corrected chi connectivity index (χ3v) is 7.79. The molecular formula is C25H22F3N7O4S. The lowest BCUT2D eigenvalue weighted by molar-refractivity contribution is -0.137. The van der Waals surface area contributed by atoms with E-state index in [-0.39, 0.29) is 46.3 Å². The van der Waals surface area contributed by atoms with Crippen molar-refractivity contribution in [1.29, 1.82) is 0 Å². The minimum atomic E-state index is -4.65. The number of rotatable bonds is 8. The summed E-state index contributed by atoms with van der Waals surface area (Å²) in [7, 11) is -2.53. The van der Waals surface area contributed by atoms with Crippen LogP contribution in [0, 0.1) is 0 Å². The minimum absolute atomic E-state index is 0.0342. The standard InChI is InChI=1S/C25H22F3N7O4S/c1-3-40(37,38)24-19(22-31-17-13-16(25(26,27)28)14-30-20(17)34(22)2)21-29-11-9-18(35(21)32-24)23(36)33-39-12-10-15-7-5-4-6-8-15/h4-9,11,13-14H,3,10,12H2,1-2H3,(H,33,36). The molecule has 0 aliphatic rings. The van der Waals surface area contributed by atoms with Crippen molar-refractivity contribution >= 4 is 32.6 Å². The lowest BCUT2D eigenvalue weighted by Gasteiger charge is -2.07. The number of sulfone groups is 1. The average molecular weight is 574 g/mol. The molecule has 0 saturated carbocycles. The minimum Gasteiger partial charge on any atom is -0.312 e. The molecule has 1 amide bonds. The fourth-order valence-corrected chi connectivity index (χ4v) is 5.06. The Morgan fingerprint density at radius 1 is 1.10 bits per heavy atom. The maximum Gasteiger partial charge on any atom is 0.417 e. The first-order chi connectivity index (χ1) is 19.0. The third-order valence-electron chi connectivity index (χ3n) is 6.15. The second kappa shape index (κ2) is 10.3. The van der Waals surface area contributed by atoms with Crippen LogP contribution in [-0.2, 0) is 34.3 Å². The van der Waals surface area contributed by atoms with E-state index >= 15 is 0 Å². The van der Waals surface area contributed by atoms with E-state index in [1.54, 1.807) is 0 Å². The third kappa shape index (κ3) is 5.00. The summed E-state index contributed by atoms with van der Waals surface area (Å²) in [5.74, 6) is -1.08. The first-order valence-corrected chi connectivity index (χ1v) is 13.6. The van der Waals surface area contributed by atoms with Gasteiger partial charge in [0.1, 0.15) is 22.6 Å². The van der Waals surface area contributed by atoms with Crippen LogP contribution in [0.3, 0.4) is 0 Å². The van der Waals surface area contributed by atoms with Crippen molar-refractivity contribution in [2.75, 3.05) is 12.4 Å². The smallest absolute Gasteiger partial charge is 0.312 e. The van der Waals surface area contributed by atoms with Gasteiger partial charge in [0.15, 0.2) is 26.2 Å². The summed E-state index contributed by atoms with van der Waals surface area (Å²) in [6.45, 7) is 1.59. The Labute approximate surface area is 225 Å². The van der Waals surface area contributed by atoms with Gasteiger partial charge in [0, 0.05) is 19.4 Å². The molecule has 40 heavy (non-hydrogen) atoms. The molecule has 0 unspecified atom stereocenters. The average Bonchev–Trinajstić information content (AvgIpc) is 3.48. The van der Waals surface area contributed by atoms with E-state index in [4.69, 9.17) is 4.84 Å². The van der Waals surface area contributed by atoms with Gasteiger partial charge in [0.25, 0.3) is 5.91 Å². The van der Waals surface area contributed by atoms with Gasteiger partial charge in [-0.05, 0) is 24.1 Å². The number of halogens is 3. The molecule has 0 saturated heterocycles. The summed E-state index contributed by atoms with van der Waals surface area (Å²) >= 11 is 0. The highest BCUT2D eigenvalue weighted by molar-refractivity contribution is 7.91. The highest BCUT2D eigenvalue weighted by Gasteiger charge is 2.33.